The number of hydrogen-bond donors (Lipinski definition) is 2. The fraction of sp³-hybridized carbons (Fsp3) is 0.556. The first kappa shape index (κ1) is 19.7. The minimum Gasteiger partial charge on any atom is -0.344 e. The molecule has 1 unspecified atom stereocenters. The Morgan fingerprint density at radius 3 is 2.68 bits per heavy atom. The molecule has 2 amide bonds. The van der Waals surface area contributed by atoms with Crippen molar-refractivity contribution in [1.29, 1.82) is 0 Å². The van der Waals surface area contributed by atoms with Gasteiger partial charge in [-0.15, -0.1) is 12.4 Å². The van der Waals surface area contributed by atoms with E-state index in [1.165, 1.54) is 11.0 Å². The van der Waals surface area contributed by atoms with Crippen molar-refractivity contribution >= 4 is 29.9 Å². The lowest BCUT2D eigenvalue weighted by molar-refractivity contribution is -0.126. The van der Waals surface area contributed by atoms with Crippen molar-refractivity contribution in [1.82, 2.24) is 10.6 Å². The standard InChI is InChI=1S/C18H24FN3O2.ClH/c19-14-3-1-2-4-16(14)22-12-9-15(18(22)24)21-17(23)6-5-13-7-10-20-11-8-13;/h1-4,13,15,20H,5-12H2,(H,21,23);1H. The van der Waals surface area contributed by atoms with Crippen LogP contribution in [0.3, 0.4) is 0 Å². The van der Waals surface area contributed by atoms with Gasteiger partial charge < -0.3 is 15.5 Å². The molecule has 2 aliphatic heterocycles. The summed E-state index contributed by atoms with van der Waals surface area (Å²) in [6, 6.07) is 5.70. The first-order valence-corrected chi connectivity index (χ1v) is 8.71. The predicted molar refractivity (Wildman–Crippen MR) is 97.4 cm³/mol. The molecule has 138 valence electrons. The third-order valence-corrected chi connectivity index (χ3v) is 4.92. The highest BCUT2D eigenvalue weighted by molar-refractivity contribution is 6.01. The summed E-state index contributed by atoms with van der Waals surface area (Å²) < 4.78 is 13.8. The molecule has 7 heteroatoms. The van der Waals surface area contributed by atoms with Gasteiger partial charge in [-0.3, -0.25) is 9.59 Å². The van der Waals surface area contributed by atoms with E-state index >= 15 is 0 Å². The van der Waals surface area contributed by atoms with Crippen LogP contribution in [0.15, 0.2) is 24.3 Å². The molecule has 2 aliphatic rings. The molecule has 25 heavy (non-hydrogen) atoms. The maximum atomic E-state index is 13.8. The monoisotopic (exact) mass is 369 g/mol. The smallest absolute Gasteiger partial charge is 0.249 e. The van der Waals surface area contributed by atoms with Gasteiger partial charge in [-0.2, -0.15) is 0 Å². The Morgan fingerprint density at radius 2 is 1.96 bits per heavy atom. The van der Waals surface area contributed by atoms with E-state index in [4.69, 9.17) is 0 Å². The molecule has 0 saturated carbocycles. The zero-order valence-electron chi connectivity index (χ0n) is 14.2. The Kier molecular flexibility index (Phi) is 7.20. The lowest BCUT2D eigenvalue weighted by Crippen LogP contribution is -2.41. The van der Waals surface area contributed by atoms with Gasteiger partial charge in [0.2, 0.25) is 11.8 Å². The summed E-state index contributed by atoms with van der Waals surface area (Å²) in [5, 5.41) is 6.13. The molecule has 1 aromatic rings. The quantitative estimate of drug-likeness (QED) is 0.836. The zero-order chi connectivity index (χ0) is 16.9. The Hall–Kier alpha value is -1.66. The molecule has 0 bridgehead atoms. The van der Waals surface area contributed by atoms with Crippen molar-refractivity contribution in [2.24, 2.45) is 5.92 Å². The van der Waals surface area contributed by atoms with Crippen LogP contribution in [0.2, 0.25) is 0 Å². The summed E-state index contributed by atoms with van der Waals surface area (Å²) in [4.78, 5) is 26.0. The van der Waals surface area contributed by atoms with Crippen LogP contribution < -0.4 is 15.5 Å². The normalized spacial score (nSPS) is 21.1. The second kappa shape index (κ2) is 9.15. The molecular formula is C18H25ClFN3O2. The van der Waals surface area contributed by atoms with Gasteiger partial charge >= 0.3 is 0 Å². The number of carbonyl (C=O) groups is 2. The molecule has 3 rings (SSSR count). The van der Waals surface area contributed by atoms with E-state index in [2.05, 4.69) is 10.6 Å². The maximum absolute atomic E-state index is 13.8. The fourth-order valence-corrected chi connectivity index (χ4v) is 3.50. The van der Waals surface area contributed by atoms with Gasteiger partial charge in [-0.1, -0.05) is 12.1 Å². The molecule has 2 N–H and O–H groups in total. The molecule has 1 aromatic carbocycles. The molecule has 0 aliphatic carbocycles. The summed E-state index contributed by atoms with van der Waals surface area (Å²) in [7, 11) is 0. The second-order valence-electron chi connectivity index (χ2n) is 6.58. The predicted octanol–water partition coefficient (Wildman–Crippen LogP) is 2.25. The van der Waals surface area contributed by atoms with E-state index in [-0.39, 0.29) is 29.9 Å². The largest absolute Gasteiger partial charge is 0.344 e. The number of rotatable bonds is 5. The topological polar surface area (TPSA) is 61.4 Å². The van der Waals surface area contributed by atoms with Crippen LogP contribution in [-0.4, -0.2) is 37.5 Å². The van der Waals surface area contributed by atoms with Crippen LogP contribution in [-0.2, 0) is 9.59 Å². The number of amides is 2. The van der Waals surface area contributed by atoms with E-state index in [1.54, 1.807) is 18.2 Å². The molecule has 0 spiro atoms. The van der Waals surface area contributed by atoms with Crippen LogP contribution >= 0.6 is 12.4 Å². The molecule has 5 nitrogen and oxygen atoms in total. The fourth-order valence-electron chi connectivity index (χ4n) is 3.50. The van der Waals surface area contributed by atoms with Crippen LogP contribution in [0.4, 0.5) is 10.1 Å². The van der Waals surface area contributed by atoms with Gasteiger partial charge in [0.1, 0.15) is 11.9 Å². The lowest BCUT2D eigenvalue weighted by Gasteiger charge is -2.22. The van der Waals surface area contributed by atoms with Gasteiger partial charge in [0, 0.05) is 13.0 Å². The summed E-state index contributed by atoms with van der Waals surface area (Å²) in [5.41, 5.74) is 0.286. The first-order valence-electron chi connectivity index (χ1n) is 8.71. The first-order chi connectivity index (χ1) is 11.6. The van der Waals surface area contributed by atoms with Gasteiger partial charge in [0.05, 0.1) is 5.69 Å². The Morgan fingerprint density at radius 1 is 1.24 bits per heavy atom. The van der Waals surface area contributed by atoms with E-state index in [9.17, 15) is 14.0 Å². The highest BCUT2D eigenvalue weighted by Gasteiger charge is 2.34. The number of para-hydroxylation sites is 1. The minimum atomic E-state index is -0.537. The van der Waals surface area contributed by atoms with Gasteiger partial charge in [0.15, 0.2) is 0 Å². The molecule has 2 saturated heterocycles. The number of nitrogens with one attached hydrogen (secondary N) is 2. The van der Waals surface area contributed by atoms with Crippen molar-refractivity contribution in [3.63, 3.8) is 0 Å². The summed E-state index contributed by atoms with van der Waals surface area (Å²) in [5.74, 6) is -0.132. The maximum Gasteiger partial charge on any atom is 0.249 e. The molecular weight excluding hydrogens is 345 g/mol. The average Bonchev–Trinajstić information content (AvgIpc) is 2.95. The summed E-state index contributed by atoms with van der Waals surface area (Å²) >= 11 is 0. The van der Waals surface area contributed by atoms with Crippen molar-refractivity contribution < 1.29 is 14.0 Å². The Bertz CT molecular complexity index is 608. The summed E-state index contributed by atoms with van der Waals surface area (Å²) in [6.45, 7) is 2.47. The lowest BCUT2D eigenvalue weighted by atomic mass is 9.93. The number of hydrogen-bond acceptors (Lipinski definition) is 3. The number of anilines is 1. The Labute approximate surface area is 153 Å². The van der Waals surface area contributed by atoms with Crippen LogP contribution in [0, 0.1) is 11.7 Å². The minimum absolute atomic E-state index is 0. The number of carbonyl (C=O) groups excluding carboxylic acids is 2. The van der Waals surface area contributed by atoms with Crippen LogP contribution in [0.5, 0.6) is 0 Å². The SMILES string of the molecule is Cl.O=C(CCC1CCNCC1)NC1CCN(c2ccccc2F)C1=O. The van der Waals surface area contributed by atoms with E-state index < -0.39 is 11.9 Å². The van der Waals surface area contributed by atoms with E-state index in [0.717, 1.165) is 32.4 Å². The van der Waals surface area contributed by atoms with Crippen LogP contribution in [0.25, 0.3) is 0 Å². The molecule has 1 atom stereocenters. The number of halogens is 2. The highest BCUT2D eigenvalue weighted by Crippen LogP contribution is 2.24. The zero-order valence-corrected chi connectivity index (χ0v) is 15.0. The third-order valence-electron chi connectivity index (χ3n) is 4.92. The average molecular weight is 370 g/mol. The van der Waals surface area contributed by atoms with Gasteiger partial charge in [0.25, 0.3) is 0 Å². The van der Waals surface area contributed by atoms with Crippen molar-refractivity contribution in [3.8, 4) is 0 Å². The van der Waals surface area contributed by atoms with Crippen molar-refractivity contribution in [2.45, 2.75) is 38.1 Å². The molecule has 0 aromatic heterocycles. The molecule has 2 heterocycles. The molecule has 0 radical (unpaired) electrons. The third kappa shape index (κ3) is 4.92. The second-order valence-corrected chi connectivity index (χ2v) is 6.58. The number of benzene rings is 1. The number of nitrogens with zero attached hydrogens (tertiary/aromatic N) is 1. The highest BCUT2D eigenvalue weighted by atomic mass is 35.5. The Balaban J connectivity index is 0.00000225. The van der Waals surface area contributed by atoms with Crippen molar-refractivity contribution in [2.75, 3.05) is 24.5 Å². The van der Waals surface area contributed by atoms with Crippen molar-refractivity contribution in [3.05, 3.63) is 30.1 Å². The van der Waals surface area contributed by atoms with Crippen LogP contribution in [0.1, 0.15) is 32.1 Å². The van der Waals surface area contributed by atoms with E-state index in [0.29, 0.717) is 25.3 Å². The van der Waals surface area contributed by atoms with E-state index in [1.807, 2.05) is 0 Å². The van der Waals surface area contributed by atoms with Gasteiger partial charge in [-0.05, 0) is 56.8 Å². The summed E-state index contributed by atoms with van der Waals surface area (Å²) in [6.07, 6.45) is 4.05. The van der Waals surface area contributed by atoms with Gasteiger partial charge in [-0.25, -0.2) is 4.39 Å². The molecule has 2 fully saturated rings. The number of piperidine rings is 1.